The molecule has 0 fully saturated rings. The Hall–Kier alpha value is -2.07. The highest BCUT2D eigenvalue weighted by Crippen LogP contribution is 2.43. The van der Waals surface area contributed by atoms with Crippen LogP contribution in [0.4, 0.5) is 0 Å². The molecular formula is C45H81O10P. The molecule has 0 bridgehead atoms. The van der Waals surface area contributed by atoms with E-state index in [4.69, 9.17) is 19.1 Å². The number of phosphoric ester groups is 1. The molecular weight excluding hydrogens is 731 g/mol. The van der Waals surface area contributed by atoms with E-state index < -0.39 is 51.8 Å². The topological polar surface area (TPSA) is 149 Å². The fourth-order valence-corrected chi connectivity index (χ4v) is 6.74. The Morgan fingerprint density at radius 2 is 0.982 bits per heavy atom. The summed E-state index contributed by atoms with van der Waals surface area (Å²) in [7, 11) is -4.63. The van der Waals surface area contributed by atoms with Crippen molar-refractivity contribution >= 4 is 19.8 Å². The Kier molecular flexibility index (Phi) is 39.6. The number of aliphatic hydroxyl groups excluding tert-OH is 2. The molecule has 0 amide bonds. The van der Waals surface area contributed by atoms with Crippen LogP contribution in [0.1, 0.15) is 187 Å². The molecule has 3 N–H and O–H groups in total. The van der Waals surface area contributed by atoms with Crippen molar-refractivity contribution in [3.05, 3.63) is 48.6 Å². The van der Waals surface area contributed by atoms with Crippen LogP contribution in [0.5, 0.6) is 0 Å². The van der Waals surface area contributed by atoms with E-state index in [1.807, 2.05) is 36.5 Å². The van der Waals surface area contributed by atoms with Crippen LogP contribution in [0.2, 0.25) is 0 Å². The van der Waals surface area contributed by atoms with Gasteiger partial charge in [-0.05, 0) is 32.1 Å². The third kappa shape index (κ3) is 40.1. The van der Waals surface area contributed by atoms with Crippen molar-refractivity contribution in [2.24, 2.45) is 0 Å². The maximum absolute atomic E-state index is 12.6. The van der Waals surface area contributed by atoms with Crippen LogP contribution in [0.15, 0.2) is 48.6 Å². The lowest BCUT2D eigenvalue weighted by Gasteiger charge is -2.20. The van der Waals surface area contributed by atoms with Gasteiger partial charge in [0, 0.05) is 12.8 Å². The molecule has 0 rings (SSSR count). The lowest BCUT2D eigenvalue weighted by atomic mass is 10.0. The monoisotopic (exact) mass is 813 g/mol. The van der Waals surface area contributed by atoms with Gasteiger partial charge in [-0.2, -0.15) is 0 Å². The molecule has 0 aliphatic rings. The van der Waals surface area contributed by atoms with Gasteiger partial charge in [0.15, 0.2) is 6.10 Å². The zero-order valence-electron chi connectivity index (χ0n) is 35.3. The highest BCUT2D eigenvalue weighted by Gasteiger charge is 2.27. The Labute approximate surface area is 341 Å². The fraction of sp³-hybridized carbons (Fsp3) is 0.778. The first-order valence-corrected chi connectivity index (χ1v) is 23.6. The second-order valence-electron chi connectivity index (χ2n) is 14.8. The van der Waals surface area contributed by atoms with Crippen molar-refractivity contribution in [3.63, 3.8) is 0 Å². The number of aliphatic hydroxyl groups is 2. The van der Waals surface area contributed by atoms with E-state index in [1.165, 1.54) is 103 Å². The van der Waals surface area contributed by atoms with E-state index in [9.17, 15) is 24.2 Å². The summed E-state index contributed by atoms with van der Waals surface area (Å²) < 4.78 is 32.7. The molecule has 0 aliphatic heterocycles. The van der Waals surface area contributed by atoms with Crippen molar-refractivity contribution in [1.29, 1.82) is 0 Å². The first-order valence-electron chi connectivity index (χ1n) is 22.1. The standard InChI is InChI=1S/C45H81O10P/c1-3-5-7-9-11-13-15-17-18-19-20-21-22-23-25-26-28-30-32-34-36-44(48)52-40-43(41-54-56(50,51)53-39-42(47)38-46)55-45(49)37-35-33-31-29-27-24-16-14-12-10-8-6-4-2/h6,8,10,12,14,16,24,27,42-43,46-47H,3-5,7,9,11,13,15,17-23,25-26,28-41H2,1-2H3,(H,50,51)/b8-6+,12-10+,16-14+,27-24+/t42-,43?/m1/s1. The summed E-state index contributed by atoms with van der Waals surface area (Å²) in [5.74, 6) is -0.967. The van der Waals surface area contributed by atoms with E-state index in [1.54, 1.807) is 0 Å². The average molecular weight is 813 g/mol. The van der Waals surface area contributed by atoms with Crippen LogP contribution in [-0.2, 0) is 32.7 Å². The third-order valence-electron chi connectivity index (χ3n) is 9.34. The minimum absolute atomic E-state index is 0.138. The quantitative estimate of drug-likeness (QED) is 0.0236. The van der Waals surface area contributed by atoms with Gasteiger partial charge in [0.05, 0.1) is 19.8 Å². The van der Waals surface area contributed by atoms with Crippen molar-refractivity contribution in [1.82, 2.24) is 0 Å². The molecule has 0 aromatic carbocycles. The predicted molar refractivity (Wildman–Crippen MR) is 228 cm³/mol. The van der Waals surface area contributed by atoms with Gasteiger partial charge in [-0.25, -0.2) is 4.57 Å². The molecule has 0 heterocycles. The molecule has 0 radical (unpaired) electrons. The van der Waals surface area contributed by atoms with E-state index in [0.717, 1.165) is 44.9 Å². The van der Waals surface area contributed by atoms with Crippen LogP contribution in [-0.4, -0.2) is 65.7 Å². The molecule has 0 saturated heterocycles. The molecule has 56 heavy (non-hydrogen) atoms. The lowest BCUT2D eigenvalue weighted by molar-refractivity contribution is -0.161. The first-order chi connectivity index (χ1) is 27.2. The number of allylic oxidation sites excluding steroid dienone is 8. The normalized spacial score (nSPS) is 14.3. The molecule has 0 saturated carbocycles. The largest absolute Gasteiger partial charge is 0.472 e. The fourth-order valence-electron chi connectivity index (χ4n) is 5.95. The minimum atomic E-state index is -4.63. The number of hydrogen-bond acceptors (Lipinski definition) is 9. The summed E-state index contributed by atoms with van der Waals surface area (Å²) in [6.07, 6.45) is 43.8. The van der Waals surface area contributed by atoms with Gasteiger partial charge in [0.25, 0.3) is 0 Å². The zero-order chi connectivity index (χ0) is 41.2. The summed E-state index contributed by atoms with van der Waals surface area (Å²) in [5, 5.41) is 18.3. The second kappa shape index (κ2) is 41.1. The van der Waals surface area contributed by atoms with E-state index in [-0.39, 0.29) is 19.4 Å². The predicted octanol–water partition coefficient (Wildman–Crippen LogP) is 11.7. The maximum Gasteiger partial charge on any atom is 0.472 e. The number of esters is 2. The molecule has 2 unspecified atom stereocenters. The highest BCUT2D eigenvalue weighted by molar-refractivity contribution is 7.47. The van der Waals surface area contributed by atoms with Gasteiger partial charge in [0.1, 0.15) is 12.7 Å². The highest BCUT2D eigenvalue weighted by atomic mass is 31.2. The van der Waals surface area contributed by atoms with Gasteiger partial charge < -0.3 is 24.6 Å². The Bertz CT molecular complexity index is 1070. The molecule has 326 valence electrons. The number of carbonyl (C=O) groups is 2. The second-order valence-corrected chi connectivity index (χ2v) is 16.2. The molecule has 0 aromatic heterocycles. The molecule has 3 atom stereocenters. The van der Waals surface area contributed by atoms with E-state index in [0.29, 0.717) is 12.8 Å². The van der Waals surface area contributed by atoms with Crippen LogP contribution in [0, 0.1) is 0 Å². The van der Waals surface area contributed by atoms with Crippen molar-refractivity contribution < 1.29 is 47.8 Å². The Balaban J connectivity index is 4.24. The molecule has 10 nitrogen and oxygen atoms in total. The SMILES string of the molecule is CC/C=C/C=C/C=C/C=C/CCCCCC(=O)OC(COC(=O)CCCCCCCCCCCCCCCCCCCCCC)COP(=O)(O)OC[C@H](O)CO. The summed E-state index contributed by atoms with van der Waals surface area (Å²) >= 11 is 0. The third-order valence-corrected chi connectivity index (χ3v) is 10.3. The molecule has 0 aliphatic carbocycles. The van der Waals surface area contributed by atoms with Gasteiger partial charge in [0.2, 0.25) is 0 Å². The van der Waals surface area contributed by atoms with E-state index in [2.05, 4.69) is 30.5 Å². The Morgan fingerprint density at radius 1 is 0.554 bits per heavy atom. The Morgan fingerprint density at radius 3 is 1.48 bits per heavy atom. The van der Waals surface area contributed by atoms with Crippen molar-refractivity contribution in [3.8, 4) is 0 Å². The summed E-state index contributed by atoms with van der Waals surface area (Å²) in [4.78, 5) is 35.0. The summed E-state index contributed by atoms with van der Waals surface area (Å²) in [6.45, 7) is 2.20. The molecule has 0 spiro atoms. The lowest BCUT2D eigenvalue weighted by Crippen LogP contribution is -2.29. The maximum atomic E-state index is 12.6. The number of ether oxygens (including phenoxy) is 2. The average Bonchev–Trinajstić information content (AvgIpc) is 3.19. The summed E-state index contributed by atoms with van der Waals surface area (Å²) in [5.41, 5.74) is 0. The van der Waals surface area contributed by atoms with Crippen LogP contribution < -0.4 is 0 Å². The molecule has 11 heteroatoms. The van der Waals surface area contributed by atoms with Gasteiger partial charge in [-0.15, -0.1) is 0 Å². The van der Waals surface area contributed by atoms with Crippen LogP contribution in [0.3, 0.4) is 0 Å². The van der Waals surface area contributed by atoms with Gasteiger partial charge in [-0.1, -0.05) is 191 Å². The molecule has 0 aromatic rings. The minimum Gasteiger partial charge on any atom is -0.462 e. The zero-order valence-corrected chi connectivity index (χ0v) is 36.2. The number of unbranched alkanes of at least 4 members (excludes halogenated alkanes) is 22. The van der Waals surface area contributed by atoms with Crippen LogP contribution >= 0.6 is 7.82 Å². The smallest absolute Gasteiger partial charge is 0.462 e. The number of phosphoric acid groups is 1. The first kappa shape index (κ1) is 53.9. The summed E-state index contributed by atoms with van der Waals surface area (Å²) in [6, 6.07) is 0. The van der Waals surface area contributed by atoms with E-state index >= 15 is 0 Å². The number of carbonyl (C=O) groups excluding carboxylic acids is 2. The number of rotatable bonds is 41. The van der Waals surface area contributed by atoms with Crippen molar-refractivity contribution in [2.75, 3.05) is 26.4 Å². The van der Waals surface area contributed by atoms with Gasteiger partial charge in [-0.3, -0.25) is 18.6 Å². The van der Waals surface area contributed by atoms with Gasteiger partial charge >= 0.3 is 19.8 Å². The number of hydrogen-bond donors (Lipinski definition) is 3. The van der Waals surface area contributed by atoms with Crippen LogP contribution in [0.25, 0.3) is 0 Å². The van der Waals surface area contributed by atoms with Crippen molar-refractivity contribution in [2.45, 2.75) is 199 Å².